The minimum atomic E-state index is -0.0792. The molecule has 0 radical (unpaired) electrons. The van der Waals surface area contributed by atoms with E-state index in [1.165, 1.54) is 0 Å². The molecule has 2 aromatic heterocycles. The fourth-order valence-corrected chi connectivity index (χ4v) is 3.23. The van der Waals surface area contributed by atoms with Gasteiger partial charge in [0.25, 0.3) is 0 Å². The maximum Gasteiger partial charge on any atom is 0.327 e. The summed E-state index contributed by atoms with van der Waals surface area (Å²) in [6, 6.07) is 1.94. The summed E-state index contributed by atoms with van der Waals surface area (Å²) < 4.78 is 8.09. The summed E-state index contributed by atoms with van der Waals surface area (Å²) in [6.07, 6.45) is 3.87. The van der Waals surface area contributed by atoms with Gasteiger partial charge >= 0.3 is 5.69 Å². The number of H-pyrrole nitrogens is 1. The van der Waals surface area contributed by atoms with Gasteiger partial charge in [0.1, 0.15) is 0 Å². The first kappa shape index (κ1) is 13.8. The number of nitrogens with one attached hydrogen (secondary N) is 1. The standard InChI is InChI=1S/C14H18BrN3O2/c1-9(10-2-4-20-5-3-10)8-18-12-6-11(15)7-16-13(12)17-14(18)19/h6-7,9-10H,2-5,8H2,1H3,(H,16,17,19). The van der Waals surface area contributed by atoms with Crippen molar-refractivity contribution < 1.29 is 4.74 Å². The largest absolute Gasteiger partial charge is 0.381 e. The molecule has 0 aliphatic carbocycles. The summed E-state index contributed by atoms with van der Waals surface area (Å²) >= 11 is 3.41. The monoisotopic (exact) mass is 339 g/mol. The average Bonchev–Trinajstić information content (AvgIpc) is 2.76. The molecule has 1 aliphatic rings. The van der Waals surface area contributed by atoms with Crippen molar-refractivity contribution in [2.45, 2.75) is 26.3 Å². The highest BCUT2D eigenvalue weighted by Crippen LogP contribution is 2.25. The van der Waals surface area contributed by atoms with E-state index in [-0.39, 0.29) is 5.69 Å². The van der Waals surface area contributed by atoms with Crippen molar-refractivity contribution in [2.24, 2.45) is 11.8 Å². The van der Waals surface area contributed by atoms with Crippen LogP contribution in [0.1, 0.15) is 19.8 Å². The molecule has 6 heteroatoms. The number of halogens is 1. The highest BCUT2D eigenvalue weighted by Gasteiger charge is 2.22. The third kappa shape index (κ3) is 2.67. The van der Waals surface area contributed by atoms with Crippen LogP contribution >= 0.6 is 15.9 Å². The van der Waals surface area contributed by atoms with Gasteiger partial charge in [-0.25, -0.2) is 9.78 Å². The molecule has 1 fully saturated rings. The van der Waals surface area contributed by atoms with E-state index < -0.39 is 0 Å². The molecule has 3 rings (SSSR count). The Labute approximate surface area is 125 Å². The van der Waals surface area contributed by atoms with E-state index in [1.807, 2.05) is 6.07 Å². The Kier molecular flexibility index (Phi) is 3.94. The molecule has 0 amide bonds. The minimum absolute atomic E-state index is 0.0792. The summed E-state index contributed by atoms with van der Waals surface area (Å²) in [5, 5.41) is 0. The number of hydrogen-bond acceptors (Lipinski definition) is 3. The smallest absolute Gasteiger partial charge is 0.327 e. The number of imidazole rings is 1. The van der Waals surface area contributed by atoms with Gasteiger partial charge in [-0.2, -0.15) is 0 Å². The lowest BCUT2D eigenvalue weighted by Gasteiger charge is -2.27. The first-order chi connectivity index (χ1) is 9.65. The van der Waals surface area contributed by atoms with E-state index in [4.69, 9.17) is 4.74 Å². The van der Waals surface area contributed by atoms with Crippen molar-refractivity contribution >= 4 is 27.1 Å². The Bertz CT molecular complexity index is 658. The number of ether oxygens (including phenoxy) is 1. The minimum Gasteiger partial charge on any atom is -0.381 e. The molecule has 1 saturated heterocycles. The number of nitrogens with zero attached hydrogens (tertiary/aromatic N) is 2. The van der Waals surface area contributed by atoms with Gasteiger partial charge in [-0.15, -0.1) is 0 Å². The van der Waals surface area contributed by atoms with Crippen LogP contribution in [0.3, 0.4) is 0 Å². The SMILES string of the molecule is CC(Cn1c(=O)[nH]c2ncc(Br)cc21)C1CCOCC1. The first-order valence-electron chi connectivity index (χ1n) is 6.97. The van der Waals surface area contributed by atoms with E-state index in [2.05, 4.69) is 32.8 Å². The van der Waals surface area contributed by atoms with Crippen LogP contribution in [0.25, 0.3) is 11.2 Å². The van der Waals surface area contributed by atoms with Crippen LogP contribution in [0.2, 0.25) is 0 Å². The molecular formula is C14H18BrN3O2. The van der Waals surface area contributed by atoms with Gasteiger partial charge in [0.15, 0.2) is 5.65 Å². The maximum atomic E-state index is 12.1. The zero-order valence-corrected chi connectivity index (χ0v) is 13.0. The summed E-state index contributed by atoms with van der Waals surface area (Å²) in [5.74, 6) is 1.08. The molecule has 3 heterocycles. The maximum absolute atomic E-state index is 12.1. The number of hydrogen-bond donors (Lipinski definition) is 1. The molecule has 0 saturated carbocycles. The van der Waals surface area contributed by atoms with E-state index in [0.717, 1.165) is 42.6 Å². The van der Waals surface area contributed by atoms with Crippen molar-refractivity contribution in [1.29, 1.82) is 0 Å². The van der Waals surface area contributed by atoms with Gasteiger partial charge in [-0.05, 0) is 46.7 Å². The number of aromatic nitrogens is 3. The molecule has 2 aromatic rings. The zero-order valence-electron chi connectivity index (χ0n) is 11.4. The lowest BCUT2D eigenvalue weighted by molar-refractivity contribution is 0.0467. The molecule has 1 aliphatic heterocycles. The van der Waals surface area contributed by atoms with Gasteiger partial charge < -0.3 is 4.74 Å². The van der Waals surface area contributed by atoms with E-state index >= 15 is 0 Å². The molecule has 1 N–H and O–H groups in total. The Morgan fingerprint density at radius 3 is 3.05 bits per heavy atom. The molecule has 0 spiro atoms. The van der Waals surface area contributed by atoms with Crippen LogP contribution in [0, 0.1) is 11.8 Å². The van der Waals surface area contributed by atoms with Gasteiger partial charge in [0.2, 0.25) is 0 Å². The molecular weight excluding hydrogens is 322 g/mol. The third-order valence-corrected chi connectivity index (χ3v) is 4.57. The quantitative estimate of drug-likeness (QED) is 0.934. The predicted octanol–water partition coefficient (Wildman–Crippen LogP) is 2.55. The van der Waals surface area contributed by atoms with Gasteiger partial charge in [0.05, 0.1) is 5.52 Å². The predicted molar refractivity (Wildman–Crippen MR) is 80.8 cm³/mol. The summed E-state index contributed by atoms with van der Waals surface area (Å²) in [7, 11) is 0. The second-order valence-corrected chi connectivity index (χ2v) is 6.40. The van der Waals surface area contributed by atoms with Crippen LogP contribution < -0.4 is 5.69 Å². The zero-order chi connectivity index (χ0) is 14.1. The highest BCUT2D eigenvalue weighted by atomic mass is 79.9. The van der Waals surface area contributed by atoms with E-state index in [1.54, 1.807) is 10.8 Å². The van der Waals surface area contributed by atoms with E-state index in [9.17, 15) is 4.79 Å². The second-order valence-electron chi connectivity index (χ2n) is 5.49. The van der Waals surface area contributed by atoms with Gasteiger partial charge in [0, 0.05) is 30.4 Å². The van der Waals surface area contributed by atoms with Crippen LogP contribution in [-0.4, -0.2) is 27.7 Å². The summed E-state index contributed by atoms with van der Waals surface area (Å²) in [4.78, 5) is 19.1. The van der Waals surface area contributed by atoms with Crippen molar-refractivity contribution in [3.8, 4) is 0 Å². The first-order valence-corrected chi connectivity index (χ1v) is 7.76. The highest BCUT2D eigenvalue weighted by molar-refractivity contribution is 9.10. The Hall–Kier alpha value is -1.14. The fourth-order valence-electron chi connectivity index (χ4n) is 2.91. The van der Waals surface area contributed by atoms with Crippen LogP contribution in [0.5, 0.6) is 0 Å². The lowest BCUT2D eigenvalue weighted by Crippen LogP contribution is -2.28. The third-order valence-electron chi connectivity index (χ3n) is 4.14. The molecule has 5 nitrogen and oxygen atoms in total. The molecule has 1 atom stereocenters. The molecule has 0 bridgehead atoms. The average molecular weight is 340 g/mol. The van der Waals surface area contributed by atoms with Crippen molar-refractivity contribution in [1.82, 2.24) is 14.5 Å². The van der Waals surface area contributed by atoms with E-state index in [0.29, 0.717) is 17.5 Å². The number of aromatic amines is 1. The Balaban J connectivity index is 1.88. The lowest BCUT2D eigenvalue weighted by atomic mass is 9.87. The number of pyridine rings is 1. The number of fused-ring (bicyclic) bond motifs is 1. The van der Waals surface area contributed by atoms with Crippen LogP contribution in [0.15, 0.2) is 21.5 Å². The fraction of sp³-hybridized carbons (Fsp3) is 0.571. The Morgan fingerprint density at radius 2 is 2.30 bits per heavy atom. The van der Waals surface area contributed by atoms with Gasteiger partial charge in [-0.3, -0.25) is 9.55 Å². The summed E-state index contributed by atoms with van der Waals surface area (Å²) in [5.41, 5.74) is 1.44. The van der Waals surface area contributed by atoms with Crippen LogP contribution in [-0.2, 0) is 11.3 Å². The molecule has 0 aromatic carbocycles. The topological polar surface area (TPSA) is 59.9 Å². The number of rotatable bonds is 3. The van der Waals surface area contributed by atoms with Crippen LogP contribution in [0.4, 0.5) is 0 Å². The molecule has 108 valence electrons. The second kappa shape index (κ2) is 5.69. The van der Waals surface area contributed by atoms with Crippen molar-refractivity contribution in [2.75, 3.05) is 13.2 Å². The Morgan fingerprint density at radius 1 is 1.55 bits per heavy atom. The van der Waals surface area contributed by atoms with Crippen molar-refractivity contribution in [3.05, 3.63) is 27.2 Å². The molecule has 1 unspecified atom stereocenters. The van der Waals surface area contributed by atoms with Gasteiger partial charge in [-0.1, -0.05) is 6.92 Å². The normalized spacial score (nSPS) is 18.5. The summed E-state index contributed by atoms with van der Waals surface area (Å²) in [6.45, 7) is 4.62. The molecule has 20 heavy (non-hydrogen) atoms. The van der Waals surface area contributed by atoms with Crippen molar-refractivity contribution in [3.63, 3.8) is 0 Å².